The first-order valence-corrected chi connectivity index (χ1v) is 8.58. The predicted octanol–water partition coefficient (Wildman–Crippen LogP) is 3.82. The van der Waals surface area contributed by atoms with E-state index in [1.54, 1.807) is 19.2 Å². The Hall–Kier alpha value is -1.27. The van der Waals surface area contributed by atoms with Crippen molar-refractivity contribution in [1.29, 1.82) is 0 Å². The summed E-state index contributed by atoms with van der Waals surface area (Å²) in [5, 5.41) is 0.557. The fraction of sp³-hybridized carbons (Fsp3) is 0.200. The second-order valence-electron chi connectivity index (χ2n) is 4.72. The van der Waals surface area contributed by atoms with E-state index in [9.17, 15) is 8.42 Å². The molecule has 4 nitrogen and oxygen atoms in total. The Balaban J connectivity index is 2.28. The van der Waals surface area contributed by atoms with Crippen molar-refractivity contribution in [2.75, 3.05) is 14.2 Å². The van der Waals surface area contributed by atoms with E-state index in [0.717, 1.165) is 5.56 Å². The number of benzene rings is 2. The zero-order valence-electron chi connectivity index (χ0n) is 12.1. The second-order valence-corrected chi connectivity index (χ2v) is 7.64. The highest BCUT2D eigenvalue weighted by molar-refractivity contribution is 7.89. The molecule has 7 heteroatoms. The molecule has 0 bridgehead atoms. The molecule has 0 atom stereocenters. The fourth-order valence-corrected chi connectivity index (χ4v) is 3.86. The summed E-state index contributed by atoms with van der Waals surface area (Å²) < 4.78 is 31.5. The van der Waals surface area contributed by atoms with Crippen LogP contribution >= 0.6 is 23.2 Å². The molecule has 2 aromatic carbocycles. The lowest BCUT2D eigenvalue weighted by molar-refractivity contribution is 0.412. The molecule has 2 rings (SSSR count). The summed E-state index contributed by atoms with van der Waals surface area (Å²) in [6, 6.07) is 11.5. The number of hydrogen-bond acceptors (Lipinski definition) is 3. The van der Waals surface area contributed by atoms with E-state index in [-0.39, 0.29) is 21.5 Å². The summed E-state index contributed by atoms with van der Waals surface area (Å²) in [6.07, 6.45) is 0. The fourth-order valence-electron chi connectivity index (χ4n) is 1.97. The van der Waals surface area contributed by atoms with E-state index in [1.165, 1.54) is 29.6 Å². The van der Waals surface area contributed by atoms with E-state index in [1.807, 2.05) is 12.1 Å². The topological polar surface area (TPSA) is 46.6 Å². The normalized spacial score (nSPS) is 11.7. The van der Waals surface area contributed by atoms with Crippen LogP contribution in [-0.2, 0) is 16.6 Å². The summed E-state index contributed by atoms with van der Waals surface area (Å²) in [7, 11) is -0.611. The van der Waals surface area contributed by atoms with Gasteiger partial charge in [0.15, 0.2) is 0 Å². The van der Waals surface area contributed by atoms with E-state index < -0.39 is 10.0 Å². The van der Waals surface area contributed by atoms with Crippen LogP contribution in [0.15, 0.2) is 47.4 Å². The van der Waals surface area contributed by atoms with Crippen LogP contribution in [0.5, 0.6) is 5.75 Å². The van der Waals surface area contributed by atoms with Crippen LogP contribution in [0, 0.1) is 0 Å². The van der Waals surface area contributed by atoms with Gasteiger partial charge in [-0.05, 0) is 35.9 Å². The molecule has 0 spiro atoms. The van der Waals surface area contributed by atoms with Crippen molar-refractivity contribution in [2.45, 2.75) is 11.4 Å². The van der Waals surface area contributed by atoms with Gasteiger partial charge in [-0.3, -0.25) is 0 Å². The first-order valence-electron chi connectivity index (χ1n) is 6.38. The Bertz CT molecular complexity index is 758. The number of halogens is 2. The first-order chi connectivity index (χ1) is 10.3. The third-order valence-corrected chi connectivity index (χ3v) is 5.30. The molecule has 0 heterocycles. The minimum absolute atomic E-state index is 0.0652. The molecule has 0 amide bonds. The third-order valence-electron chi connectivity index (χ3n) is 3.08. The van der Waals surface area contributed by atoms with Gasteiger partial charge in [0.1, 0.15) is 5.75 Å². The van der Waals surface area contributed by atoms with Crippen LogP contribution < -0.4 is 4.74 Å². The first kappa shape index (κ1) is 17.1. The zero-order valence-corrected chi connectivity index (χ0v) is 14.4. The van der Waals surface area contributed by atoms with Crippen molar-refractivity contribution in [3.05, 3.63) is 58.1 Å². The molecule has 0 saturated heterocycles. The van der Waals surface area contributed by atoms with Crippen LogP contribution in [0.25, 0.3) is 0 Å². The number of methoxy groups -OCH3 is 1. The van der Waals surface area contributed by atoms with Crippen molar-refractivity contribution in [1.82, 2.24) is 4.31 Å². The molecule has 2 aromatic rings. The number of hydrogen-bond donors (Lipinski definition) is 0. The minimum Gasteiger partial charge on any atom is -0.497 e. The van der Waals surface area contributed by atoms with Crippen LogP contribution in [0.3, 0.4) is 0 Å². The van der Waals surface area contributed by atoms with Gasteiger partial charge in [0.2, 0.25) is 10.0 Å². The van der Waals surface area contributed by atoms with Crippen molar-refractivity contribution in [3.8, 4) is 5.75 Å². The van der Waals surface area contributed by atoms with Crippen molar-refractivity contribution in [3.63, 3.8) is 0 Å². The number of ether oxygens (including phenoxy) is 1. The third kappa shape index (κ3) is 3.93. The van der Waals surface area contributed by atoms with Crippen LogP contribution in [-0.4, -0.2) is 26.9 Å². The maximum absolute atomic E-state index is 12.6. The standard InChI is InChI=1S/C15H15Cl2NO3S/c1-18(10-11-4-3-5-14(6-11)21-2)22(19,20)15-8-12(16)7-13(17)9-15/h3-9H,10H2,1-2H3. The number of rotatable bonds is 5. The lowest BCUT2D eigenvalue weighted by atomic mass is 10.2. The Kier molecular flexibility index (Phi) is 5.34. The zero-order chi connectivity index (χ0) is 16.3. The van der Waals surface area contributed by atoms with Crippen LogP contribution in [0.1, 0.15) is 5.56 Å². The van der Waals surface area contributed by atoms with Crippen molar-refractivity contribution >= 4 is 33.2 Å². The Morgan fingerprint density at radius 3 is 2.32 bits per heavy atom. The van der Waals surface area contributed by atoms with Gasteiger partial charge in [-0.1, -0.05) is 35.3 Å². The lowest BCUT2D eigenvalue weighted by Crippen LogP contribution is -2.26. The van der Waals surface area contributed by atoms with Gasteiger partial charge in [-0.25, -0.2) is 8.42 Å². The number of nitrogens with zero attached hydrogens (tertiary/aromatic N) is 1. The summed E-state index contributed by atoms with van der Waals surface area (Å²) in [4.78, 5) is 0.0652. The molecule has 0 unspecified atom stereocenters. The average molecular weight is 360 g/mol. The molecule has 0 aliphatic heterocycles. The summed E-state index contributed by atoms with van der Waals surface area (Å²) in [6.45, 7) is 0.212. The molecule has 0 N–H and O–H groups in total. The van der Waals surface area contributed by atoms with E-state index >= 15 is 0 Å². The SMILES string of the molecule is COc1cccc(CN(C)S(=O)(=O)c2cc(Cl)cc(Cl)c2)c1. The highest BCUT2D eigenvalue weighted by Gasteiger charge is 2.22. The molecular weight excluding hydrogens is 345 g/mol. The van der Waals surface area contributed by atoms with Gasteiger partial charge in [-0.2, -0.15) is 4.31 Å². The van der Waals surface area contributed by atoms with E-state index in [2.05, 4.69) is 0 Å². The van der Waals surface area contributed by atoms with Crippen molar-refractivity contribution in [2.24, 2.45) is 0 Å². The molecule has 0 fully saturated rings. The van der Waals surface area contributed by atoms with Gasteiger partial charge in [-0.15, -0.1) is 0 Å². The molecule has 0 aromatic heterocycles. The van der Waals surface area contributed by atoms with E-state index in [0.29, 0.717) is 5.75 Å². The molecule has 0 aliphatic rings. The summed E-state index contributed by atoms with van der Waals surface area (Å²) >= 11 is 11.8. The monoisotopic (exact) mass is 359 g/mol. The van der Waals surface area contributed by atoms with Crippen LogP contribution in [0.4, 0.5) is 0 Å². The van der Waals surface area contributed by atoms with Gasteiger partial charge in [0, 0.05) is 23.6 Å². The largest absolute Gasteiger partial charge is 0.497 e. The quantitative estimate of drug-likeness (QED) is 0.814. The highest BCUT2D eigenvalue weighted by atomic mass is 35.5. The number of sulfonamides is 1. The Morgan fingerprint density at radius 2 is 1.73 bits per heavy atom. The second kappa shape index (κ2) is 6.87. The van der Waals surface area contributed by atoms with Gasteiger partial charge >= 0.3 is 0 Å². The maximum Gasteiger partial charge on any atom is 0.243 e. The molecule has 0 saturated carbocycles. The minimum atomic E-state index is -3.68. The maximum atomic E-state index is 12.6. The smallest absolute Gasteiger partial charge is 0.243 e. The van der Waals surface area contributed by atoms with E-state index in [4.69, 9.17) is 27.9 Å². The van der Waals surface area contributed by atoms with Crippen molar-refractivity contribution < 1.29 is 13.2 Å². The highest BCUT2D eigenvalue weighted by Crippen LogP contribution is 2.25. The molecular formula is C15H15Cl2NO3S. The summed E-state index contributed by atoms with van der Waals surface area (Å²) in [5.41, 5.74) is 0.818. The molecule has 0 radical (unpaired) electrons. The van der Waals surface area contributed by atoms with Gasteiger partial charge in [0.05, 0.1) is 12.0 Å². The Labute approximate surface area is 140 Å². The predicted molar refractivity (Wildman–Crippen MR) is 88.1 cm³/mol. The van der Waals surface area contributed by atoms with Crippen LogP contribution in [0.2, 0.25) is 10.0 Å². The summed E-state index contributed by atoms with van der Waals surface area (Å²) in [5.74, 6) is 0.675. The average Bonchev–Trinajstić information content (AvgIpc) is 2.46. The lowest BCUT2D eigenvalue weighted by Gasteiger charge is -2.18. The Morgan fingerprint density at radius 1 is 1.09 bits per heavy atom. The molecule has 0 aliphatic carbocycles. The molecule has 118 valence electrons. The van der Waals surface area contributed by atoms with Gasteiger partial charge < -0.3 is 4.74 Å². The molecule has 22 heavy (non-hydrogen) atoms. The van der Waals surface area contributed by atoms with Gasteiger partial charge in [0.25, 0.3) is 0 Å².